The fraction of sp³-hybridized carbons (Fsp3) is 0.851. The molecule has 2 heterocycles. The van der Waals surface area contributed by atoms with Crippen LogP contribution in [-0.4, -0.2) is 147 Å². The van der Waals surface area contributed by atoms with E-state index in [4.69, 9.17) is 52.1 Å². The summed E-state index contributed by atoms with van der Waals surface area (Å²) < 4.78 is 70.6. The average molecular weight is 1220 g/mol. The number of unbranched alkanes of at least 4 members (excludes halogenated alkanes) is 7. The Kier molecular flexibility index (Phi) is 36.2. The third kappa shape index (κ3) is 25.9. The first kappa shape index (κ1) is 78.1. The monoisotopic (exact) mass is 1220 g/mol. The minimum atomic E-state index is -1.81. The number of ether oxygens (including phenoxy) is 11. The van der Waals surface area contributed by atoms with Gasteiger partial charge in [0.2, 0.25) is 6.41 Å². The zero-order valence-corrected chi connectivity index (χ0v) is 55.8. The molecule has 2 aliphatic rings. The summed E-state index contributed by atoms with van der Waals surface area (Å²) in [5, 5.41) is 13.9. The molecule has 14 atom stereocenters. The molecule has 0 radical (unpaired) electrons. The van der Waals surface area contributed by atoms with Gasteiger partial charge in [0.15, 0.2) is 24.4 Å². The predicted molar refractivity (Wildman–Crippen MR) is 329 cm³/mol. The number of aliphatic hydroxyl groups excluding tert-OH is 1. The Balaban J connectivity index is 2.96. The van der Waals surface area contributed by atoms with Crippen molar-refractivity contribution in [3.05, 3.63) is 25.3 Å². The average Bonchev–Trinajstić information content (AvgIpc) is 0.796. The van der Waals surface area contributed by atoms with Crippen LogP contribution in [0.15, 0.2) is 25.3 Å². The zero-order chi connectivity index (χ0) is 64.7. The van der Waals surface area contributed by atoms with E-state index in [1.54, 1.807) is 0 Å². The van der Waals surface area contributed by atoms with E-state index in [1.807, 2.05) is 6.92 Å². The number of hydrogen-bond acceptors (Lipinski definition) is 19. The topological polar surface area (TPSA) is 236 Å². The number of carbonyl (C=O) groups excluding carboxylic acids is 6. The van der Waals surface area contributed by atoms with E-state index in [1.165, 1.54) is 72.8 Å². The highest BCUT2D eigenvalue weighted by Gasteiger charge is 2.64. The molecule has 86 heavy (non-hydrogen) atoms. The van der Waals surface area contributed by atoms with Gasteiger partial charge in [0.05, 0.1) is 6.61 Å². The van der Waals surface area contributed by atoms with Gasteiger partial charge in [-0.25, -0.2) is 4.79 Å². The van der Waals surface area contributed by atoms with Crippen LogP contribution in [0.25, 0.3) is 0 Å². The van der Waals surface area contributed by atoms with Crippen LogP contribution in [0, 0.1) is 22.2 Å². The molecule has 19 heteroatoms. The molecule has 0 amide bonds. The molecule has 2 aliphatic heterocycles. The fourth-order valence-corrected chi connectivity index (χ4v) is 13.0. The number of carbonyl (C=O) groups is 6. The maximum atomic E-state index is 13.7. The van der Waals surface area contributed by atoms with Gasteiger partial charge in [-0.2, -0.15) is 0 Å². The minimum absolute atomic E-state index is 0.0108. The normalized spacial score (nSPS) is 24.7. The smallest absolute Gasteiger partial charge is 0.330 e. The van der Waals surface area contributed by atoms with Crippen molar-refractivity contribution in [1.82, 2.24) is 5.32 Å². The van der Waals surface area contributed by atoms with Crippen LogP contribution in [0.3, 0.4) is 0 Å². The molecule has 0 bridgehead atoms. The van der Waals surface area contributed by atoms with Crippen LogP contribution in [0.5, 0.6) is 0 Å². The summed E-state index contributed by atoms with van der Waals surface area (Å²) in [6.45, 7) is 34.8. The molecule has 2 fully saturated rings. The molecule has 2 rings (SSSR count). The third-order valence-corrected chi connectivity index (χ3v) is 17.2. The van der Waals surface area contributed by atoms with Crippen molar-refractivity contribution in [1.29, 1.82) is 0 Å². The van der Waals surface area contributed by atoms with E-state index < -0.39 is 133 Å². The first-order valence-corrected chi connectivity index (χ1v) is 32.5. The minimum Gasteiger partial charge on any atom is -0.463 e. The first-order valence-electron chi connectivity index (χ1n) is 32.5. The highest BCUT2D eigenvalue weighted by molar-refractivity contribution is 5.81. The molecule has 0 aliphatic carbocycles. The summed E-state index contributed by atoms with van der Waals surface area (Å²) >= 11 is 0. The molecule has 0 aromatic carbocycles. The highest BCUT2D eigenvalue weighted by atomic mass is 16.7. The third-order valence-electron chi connectivity index (χ3n) is 17.2. The Morgan fingerprint density at radius 3 is 1.59 bits per heavy atom. The second-order valence-corrected chi connectivity index (χ2v) is 25.7. The van der Waals surface area contributed by atoms with Crippen LogP contribution in [0.1, 0.15) is 239 Å². The van der Waals surface area contributed by atoms with Crippen molar-refractivity contribution in [3.63, 3.8) is 0 Å². The summed E-state index contributed by atoms with van der Waals surface area (Å²) in [4.78, 5) is 78.9. The molecule has 2 saturated heterocycles. The lowest BCUT2D eigenvalue weighted by atomic mass is 9.56. The SMILES string of the molecule is C=CC(=O)OCCNC(O)OCC1OC(C(C=C)(CCC)OC2C(COC(C)=O)OC(C(CCC)(CCCCCC(CC)CCCCCC)C(C)(C)C)C(OC(C)=O)C2OC(C)=O)C(OC(C)=O)C(OC(C)=O)C1OCCCCCC(C)(C)CCC. The largest absolute Gasteiger partial charge is 0.463 e. The Bertz CT molecular complexity index is 2030. The van der Waals surface area contributed by atoms with E-state index in [-0.39, 0.29) is 31.6 Å². The van der Waals surface area contributed by atoms with Gasteiger partial charge < -0.3 is 57.2 Å². The van der Waals surface area contributed by atoms with Gasteiger partial charge in [-0.15, -0.1) is 6.58 Å². The van der Waals surface area contributed by atoms with E-state index in [9.17, 15) is 33.9 Å². The van der Waals surface area contributed by atoms with Crippen molar-refractivity contribution in [2.45, 2.75) is 312 Å². The predicted octanol–water partition coefficient (Wildman–Crippen LogP) is 12.1. The van der Waals surface area contributed by atoms with Crippen LogP contribution >= 0.6 is 0 Å². The lowest BCUT2D eigenvalue weighted by Gasteiger charge is -2.58. The van der Waals surface area contributed by atoms with E-state index in [0.717, 1.165) is 76.7 Å². The first-order chi connectivity index (χ1) is 40.6. The number of aliphatic hydroxyl groups is 1. The van der Waals surface area contributed by atoms with Gasteiger partial charge in [0, 0.05) is 59.3 Å². The molecule has 19 nitrogen and oxygen atoms in total. The van der Waals surface area contributed by atoms with Gasteiger partial charge in [-0.3, -0.25) is 29.3 Å². The van der Waals surface area contributed by atoms with Gasteiger partial charge in [0.1, 0.15) is 55.4 Å². The van der Waals surface area contributed by atoms with Crippen molar-refractivity contribution < 1.29 is 86.0 Å². The molecule has 14 unspecified atom stereocenters. The second kappa shape index (κ2) is 39.9. The number of rotatable bonds is 44. The van der Waals surface area contributed by atoms with Crippen LogP contribution in [0.4, 0.5) is 0 Å². The quantitative estimate of drug-likeness (QED) is 0.0144. The Labute approximate surface area is 517 Å². The lowest BCUT2D eigenvalue weighted by molar-refractivity contribution is -0.328. The van der Waals surface area contributed by atoms with Crippen molar-refractivity contribution in [2.75, 3.05) is 33.0 Å². The maximum absolute atomic E-state index is 13.7. The van der Waals surface area contributed by atoms with E-state index in [0.29, 0.717) is 31.6 Å². The summed E-state index contributed by atoms with van der Waals surface area (Å²) in [5.74, 6) is -3.50. The van der Waals surface area contributed by atoms with Crippen LogP contribution in [-0.2, 0) is 80.9 Å². The van der Waals surface area contributed by atoms with Crippen LogP contribution in [0.2, 0.25) is 0 Å². The van der Waals surface area contributed by atoms with Crippen molar-refractivity contribution in [2.24, 2.45) is 22.2 Å². The zero-order valence-electron chi connectivity index (χ0n) is 55.8. The molecular formula is C67H117NO18. The molecule has 498 valence electrons. The number of hydrogen-bond donors (Lipinski definition) is 2. The van der Waals surface area contributed by atoms with Gasteiger partial charge in [-0.05, 0) is 55.3 Å². The molecule has 0 spiro atoms. The Morgan fingerprint density at radius 2 is 1.07 bits per heavy atom. The number of nitrogens with one attached hydrogen (secondary N) is 1. The second-order valence-electron chi connectivity index (χ2n) is 25.7. The lowest BCUT2D eigenvalue weighted by Crippen LogP contribution is -2.71. The molecule has 0 saturated carbocycles. The molecule has 0 aromatic heterocycles. The summed E-state index contributed by atoms with van der Waals surface area (Å²) in [5.41, 5.74) is -2.87. The van der Waals surface area contributed by atoms with Gasteiger partial charge >= 0.3 is 35.8 Å². The standard InChI is InChI=1S/C67H117NO18/c1-18-25-26-29-34-51(22-5)35-30-27-32-40-66(37-20-3,64(13,14)15)61-59(82-49(11)72)58(81-48(10)71)56(53(84-61)44-78-46(8)69)86-67(24-7,38-21-4)62-60(83-50(12)73)57(80-47(9)70)55(77-42-33-28-31-39-65(16,17)36-19-2)52(85-62)45-79-63(75)68-41-43-76-54(74)23-6/h23-24,51-53,55-63,68,75H,6-7,18-22,25-45H2,1-5,8-17H3. The molecule has 2 N–H and O–H groups in total. The van der Waals surface area contributed by atoms with Gasteiger partial charge in [-0.1, -0.05) is 178 Å². The van der Waals surface area contributed by atoms with Crippen LogP contribution < -0.4 is 5.32 Å². The Hall–Kier alpha value is -3.98. The summed E-state index contributed by atoms with van der Waals surface area (Å²) in [6.07, 6.45) is 7.23. The molecular weight excluding hydrogens is 1110 g/mol. The number of esters is 6. The summed E-state index contributed by atoms with van der Waals surface area (Å²) in [6, 6.07) is 0. The van der Waals surface area contributed by atoms with Crippen molar-refractivity contribution in [3.8, 4) is 0 Å². The molecule has 0 aromatic rings. The van der Waals surface area contributed by atoms with E-state index in [2.05, 4.69) is 80.8 Å². The fourth-order valence-electron chi connectivity index (χ4n) is 13.0. The summed E-state index contributed by atoms with van der Waals surface area (Å²) in [7, 11) is 0. The Morgan fingerprint density at radius 1 is 0.547 bits per heavy atom. The van der Waals surface area contributed by atoms with E-state index >= 15 is 0 Å². The van der Waals surface area contributed by atoms with Gasteiger partial charge in [0.25, 0.3) is 0 Å². The maximum Gasteiger partial charge on any atom is 0.330 e. The highest BCUT2D eigenvalue weighted by Crippen LogP contribution is 2.55. The van der Waals surface area contributed by atoms with Crippen molar-refractivity contribution >= 4 is 35.8 Å².